The average molecular weight is 275 g/mol. The van der Waals surface area contributed by atoms with Crippen LogP contribution in [0.3, 0.4) is 0 Å². The van der Waals surface area contributed by atoms with Crippen molar-refractivity contribution in [3.05, 3.63) is 41.2 Å². The number of aryl methyl sites for hydroxylation is 2. The van der Waals surface area contributed by atoms with Gasteiger partial charge in [-0.15, -0.1) is 0 Å². The van der Waals surface area contributed by atoms with Gasteiger partial charge in [0.15, 0.2) is 5.69 Å². The largest absolute Gasteiger partial charge is 0.497 e. The smallest absolute Gasteiger partial charge is 0.359 e. The fourth-order valence-electron chi connectivity index (χ4n) is 1.90. The standard InChI is InChI=1S/C14H17N3O3/c1-9-12(15)13(17(2)16-9)14(18)20-8-10-5-4-6-11(7-10)19-3/h4-7H,8,15H2,1-3H3. The molecule has 0 saturated heterocycles. The van der Waals surface area contributed by atoms with Crippen LogP contribution in [-0.4, -0.2) is 22.9 Å². The third-order valence-electron chi connectivity index (χ3n) is 2.97. The molecule has 1 heterocycles. The molecule has 0 saturated carbocycles. The normalized spacial score (nSPS) is 10.3. The van der Waals surface area contributed by atoms with E-state index < -0.39 is 5.97 Å². The predicted molar refractivity (Wildman–Crippen MR) is 74.5 cm³/mol. The van der Waals surface area contributed by atoms with Crippen LogP contribution in [0.4, 0.5) is 5.69 Å². The second-order valence-corrected chi connectivity index (χ2v) is 4.40. The maximum atomic E-state index is 12.0. The van der Waals surface area contributed by atoms with Gasteiger partial charge in [-0.25, -0.2) is 4.79 Å². The first kappa shape index (κ1) is 13.9. The molecule has 6 heteroatoms. The van der Waals surface area contributed by atoms with Gasteiger partial charge in [0.1, 0.15) is 12.4 Å². The Kier molecular flexibility index (Phi) is 3.93. The Labute approximate surface area is 117 Å². The minimum atomic E-state index is -0.492. The summed E-state index contributed by atoms with van der Waals surface area (Å²) in [6, 6.07) is 7.33. The lowest BCUT2D eigenvalue weighted by molar-refractivity contribution is 0.0461. The van der Waals surface area contributed by atoms with Crippen molar-refractivity contribution in [2.45, 2.75) is 13.5 Å². The first-order chi connectivity index (χ1) is 9.52. The van der Waals surface area contributed by atoms with Gasteiger partial charge in [0.2, 0.25) is 0 Å². The number of carbonyl (C=O) groups is 1. The Morgan fingerprint density at radius 2 is 2.20 bits per heavy atom. The summed E-state index contributed by atoms with van der Waals surface area (Å²) in [7, 11) is 3.25. The van der Waals surface area contributed by atoms with Crippen molar-refractivity contribution in [3.63, 3.8) is 0 Å². The van der Waals surface area contributed by atoms with Crippen molar-refractivity contribution in [2.24, 2.45) is 7.05 Å². The third kappa shape index (κ3) is 2.74. The number of rotatable bonds is 4. The molecule has 0 aliphatic carbocycles. The monoisotopic (exact) mass is 275 g/mol. The molecule has 0 spiro atoms. The Morgan fingerprint density at radius 3 is 2.80 bits per heavy atom. The molecule has 20 heavy (non-hydrogen) atoms. The van der Waals surface area contributed by atoms with Crippen LogP contribution in [0.5, 0.6) is 5.75 Å². The van der Waals surface area contributed by atoms with E-state index in [9.17, 15) is 4.79 Å². The molecular weight excluding hydrogens is 258 g/mol. The molecule has 0 radical (unpaired) electrons. The minimum absolute atomic E-state index is 0.152. The van der Waals surface area contributed by atoms with Gasteiger partial charge in [-0.3, -0.25) is 4.68 Å². The van der Waals surface area contributed by atoms with Gasteiger partial charge < -0.3 is 15.2 Å². The van der Waals surface area contributed by atoms with E-state index in [-0.39, 0.29) is 12.3 Å². The maximum absolute atomic E-state index is 12.0. The predicted octanol–water partition coefficient (Wildman–Crippen LogP) is 1.68. The van der Waals surface area contributed by atoms with E-state index in [0.717, 1.165) is 11.3 Å². The number of nitrogens with two attached hydrogens (primary N) is 1. The van der Waals surface area contributed by atoms with Crippen LogP contribution < -0.4 is 10.5 Å². The topological polar surface area (TPSA) is 79.4 Å². The summed E-state index contributed by atoms with van der Waals surface area (Å²) in [5.74, 6) is 0.225. The van der Waals surface area contributed by atoms with Crippen LogP contribution in [0.15, 0.2) is 24.3 Å². The molecule has 2 N–H and O–H groups in total. The van der Waals surface area contributed by atoms with E-state index in [1.54, 1.807) is 21.1 Å². The summed E-state index contributed by atoms with van der Waals surface area (Å²) >= 11 is 0. The number of ether oxygens (including phenoxy) is 2. The highest BCUT2D eigenvalue weighted by Gasteiger charge is 2.19. The van der Waals surface area contributed by atoms with E-state index in [4.69, 9.17) is 15.2 Å². The zero-order valence-corrected chi connectivity index (χ0v) is 11.7. The van der Waals surface area contributed by atoms with Gasteiger partial charge in [0, 0.05) is 7.05 Å². The van der Waals surface area contributed by atoms with Gasteiger partial charge >= 0.3 is 5.97 Å². The summed E-state index contributed by atoms with van der Waals surface area (Å²) in [5, 5.41) is 4.08. The van der Waals surface area contributed by atoms with Gasteiger partial charge in [0.25, 0.3) is 0 Å². The second-order valence-electron chi connectivity index (χ2n) is 4.40. The van der Waals surface area contributed by atoms with Gasteiger partial charge in [-0.1, -0.05) is 12.1 Å². The molecule has 2 aromatic rings. The number of carbonyl (C=O) groups excluding carboxylic acids is 1. The maximum Gasteiger partial charge on any atom is 0.359 e. The number of nitrogen functional groups attached to an aromatic ring is 1. The van der Waals surface area contributed by atoms with Crippen LogP contribution >= 0.6 is 0 Å². The van der Waals surface area contributed by atoms with Crippen molar-refractivity contribution in [3.8, 4) is 5.75 Å². The molecule has 1 aromatic carbocycles. The molecule has 2 rings (SSSR count). The summed E-state index contributed by atoms with van der Waals surface area (Å²) in [6.07, 6.45) is 0. The highest BCUT2D eigenvalue weighted by molar-refractivity contribution is 5.93. The van der Waals surface area contributed by atoms with Gasteiger partial charge in [-0.2, -0.15) is 5.10 Å². The Bertz CT molecular complexity index is 635. The van der Waals surface area contributed by atoms with E-state index in [1.807, 2.05) is 24.3 Å². The van der Waals surface area contributed by atoms with Crippen LogP contribution in [0, 0.1) is 6.92 Å². The van der Waals surface area contributed by atoms with Crippen molar-refractivity contribution < 1.29 is 14.3 Å². The van der Waals surface area contributed by atoms with Crippen LogP contribution in [0.2, 0.25) is 0 Å². The highest BCUT2D eigenvalue weighted by Crippen LogP contribution is 2.18. The summed E-state index contributed by atoms with van der Waals surface area (Å²) in [6.45, 7) is 1.90. The molecule has 0 atom stereocenters. The number of anilines is 1. The number of methoxy groups -OCH3 is 1. The number of hydrogen-bond acceptors (Lipinski definition) is 5. The molecule has 0 fully saturated rings. The molecule has 6 nitrogen and oxygen atoms in total. The molecule has 0 unspecified atom stereocenters. The quantitative estimate of drug-likeness (QED) is 0.859. The molecular formula is C14H17N3O3. The fraction of sp³-hybridized carbons (Fsp3) is 0.286. The molecule has 106 valence electrons. The lowest BCUT2D eigenvalue weighted by Crippen LogP contribution is -2.12. The number of aromatic nitrogens is 2. The zero-order chi connectivity index (χ0) is 14.7. The summed E-state index contributed by atoms with van der Waals surface area (Å²) in [5.41, 5.74) is 7.89. The van der Waals surface area contributed by atoms with E-state index in [1.165, 1.54) is 4.68 Å². The van der Waals surface area contributed by atoms with Crippen LogP contribution in [0.25, 0.3) is 0 Å². The van der Waals surface area contributed by atoms with Gasteiger partial charge in [0.05, 0.1) is 18.5 Å². The zero-order valence-electron chi connectivity index (χ0n) is 11.7. The van der Waals surface area contributed by atoms with E-state index in [0.29, 0.717) is 11.4 Å². The van der Waals surface area contributed by atoms with Crippen molar-refractivity contribution in [1.82, 2.24) is 9.78 Å². The van der Waals surface area contributed by atoms with Crippen LogP contribution in [0.1, 0.15) is 21.7 Å². The Balaban J connectivity index is 2.08. The molecule has 0 aliphatic heterocycles. The molecule has 0 bridgehead atoms. The second kappa shape index (κ2) is 5.64. The fourth-order valence-corrected chi connectivity index (χ4v) is 1.90. The number of benzene rings is 1. The number of nitrogens with zero attached hydrogens (tertiary/aromatic N) is 2. The Morgan fingerprint density at radius 1 is 1.45 bits per heavy atom. The SMILES string of the molecule is COc1cccc(COC(=O)c2c(N)c(C)nn2C)c1. The minimum Gasteiger partial charge on any atom is -0.497 e. The first-order valence-electron chi connectivity index (χ1n) is 6.12. The van der Waals surface area contributed by atoms with E-state index >= 15 is 0 Å². The Hall–Kier alpha value is -2.50. The van der Waals surface area contributed by atoms with E-state index in [2.05, 4.69) is 5.10 Å². The summed E-state index contributed by atoms with van der Waals surface area (Å²) in [4.78, 5) is 12.0. The highest BCUT2D eigenvalue weighted by atomic mass is 16.5. The van der Waals surface area contributed by atoms with Crippen molar-refractivity contribution in [1.29, 1.82) is 0 Å². The number of esters is 1. The summed E-state index contributed by atoms with van der Waals surface area (Å²) < 4.78 is 11.8. The van der Waals surface area contributed by atoms with Crippen molar-refractivity contribution in [2.75, 3.05) is 12.8 Å². The molecule has 0 aliphatic rings. The van der Waals surface area contributed by atoms with Gasteiger partial charge in [-0.05, 0) is 24.6 Å². The van der Waals surface area contributed by atoms with Crippen molar-refractivity contribution >= 4 is 11.7 Å². The number of hydrogen-bond donors (Lipinski definition) is 1. The third-order valence-corrected chi connectivity index (χ3v) is 2.97. The lowest BCUT2D eigenvalue weighted by atomic mass is 10.2. The average Bonchev–Trinajstić information content (AvgIpc) is 2.70. The molecule has 0 amide bonds. The first-order valence-corrected chi connectivity index (χ1v) is 6.12. The lowest BCUT2D eigenvalue weighted by Gasteiger charge is -2.07. The molecule has 1 aromatic heterocycles. The van der Waals surface area contributed by atoms with Crippen LogP contribution in [-0.2, 0) is 18.4 Å².